The van der Waals surface area contributed by atoms with E-state index in [-0.39, 0.29) is 0 Å². The van der Waals surface area contributed by atoms with Gasteiger partial charge in [-0.05, 0) is 37.5 Å². The summed E-state index contributed by atoms with van der Waals surface area (Å²) in [6.45, 7) is 2.20. The lowest BCUT2D eigenvalue weighted by molar-refractivity contribution is -0.119. The fourth-order valence-corrected chi connectivity index (χ4v) is 2.37. The Hall–Kier alpha value is -1.62. The van der Waals surface area contributed by atoms with Gasteiger partial charge >= 0.3 is 0 Å². The van der Waals surface area contributed by atoms with Crippen molar-refractivity contribution in [3.05, 3.63) is 29.6 Å². The molecule has 0 radical (unpaired) electrons. The number of aliphatic hydroxyl groups is 1. The zero-order valence-electron chi connectivity index (χ0n) is 10.3. The lowest BCUT2D eigenvalue weighted by atomic mass is 10.1. The second-order valence-electron chi connectivity index (χ2n) is 4.64. The van der Waals surface area contributed by atoms with Crippen molar-refractivity contribution in [3.63, 3.8) is 0 Å². The van der Waals surface area contributed by atoms with Gasteiger partial charge in [0.2, 0.25) is 5.91 Å². The molecule has 1 aromatic carbocycles. The van der Waals surface area contributed by atoms with Gasteiger partial charge in [0.25, 0.3) is 0 Å². The number of nitrogens with two attached hydrogens (primary N) is 1. The largest absolute Gasteiger partial charge is 0.389 e. The van der Waals surface area contributed by atoms with Crippen molar-refractivity contribution in [2.24, 2.45) is 5.73 Å². The van der Waals surface area contributed by atoms with E-state index < -0.39 is 23.9 Å². The molecule has 0 aromatic heterocycles. The molecule has 3 N–H and O–H groups in total. The van der Waals surface area contributed by atoms with E-state index in [4.69, 9.17) is 5.73 Å². The lowest BCUT2D eigenvalue weighted by Crippen LogP contribution is -2.40. The molecule has 2 atom stereocenters. The second kappa shape index (κ2) is 4.94. The van der Waals surface area contributed by atoms with Crippen LogP contribution in [0.15, 0.2) is 18.2 Å². The van der Waals surface area contributed by atoms with E-state index in [0.29, 0.717) is 24.2 Å². The Balaban J connectivity index is 2.31. The SMILES string of the molecule is CC(O)c1ccc(N2CCCC2C(N)=O)c(F)c1. The Morgan fingerprint density at radius 3 is 2.89 bits per heavy atom. The third-order valence-electron chi connectivity index (χ3n) is 3.34. The van der Waals surface area contributed by atoms with Crippen LogP contribution in [0.25, 0.3) is 0 Å². The Morgan fingerprint density at radius 1 is 1.61 bits per heavy atom. The molecule has 4 nitrogen and oxygen atoms in total. The van der Waals surface area contributed by atoms with Crippen LogP contribution in [-0.2, 0) is 4.79 Å². The monoisotopic (exact) mass is 252 g/mol. The fraction of sp³-hybridized carbons (Fsp3) is 0.462. The number of halogens is 1. The average molecular weight is 252 g/mol. The van der Waals surface area contributed by atoms with Gasteiger partial charge in [-0.15, -0.1) is 0 Å². The van der Waals surface area contributed by atoms with E-state index in [0.717, 1.165) is 6.42 Å². The molecule has 0 bridgehead atoms. The zero-order valence-corrected chi connectivity index (χ0v) is 10.3. The van der Waals surface area contributed by atoms with Gasteiger partial charge in [0.1, 0.15) is 11.9 Å². The zero-order chi connectivity index (χ0) is 13.3. The number of hydrogen-bond acceptors (Lipinski definition) is 3. The molecule has 0 spiro atoms. The maximum Gasteiger partial charge on any atom is 0.240 e. The first-order valence-electron chi connectivity index (χ1n) is 6.04. The van der Waals surface area contributed by atoms with Gasteiger partial charge < -0.3 is 15.7 Å². The summed E-state index contributed by atoms with van der Waals surface area (Å²) in [5.74, 6) is -0.854. The highest BCUT2D eigenvalue weighted by Crippen LogP contribution is 2.29. The second-order valence-corrected chi connectivity index (χ2v) is 4.64. The molecule has 1 heterocycles. The third-order valence-corrected chi connectivity index (χ3v) is 3.34. The number of hydrogen-bond donors (Lipinski definition) is 2. The number of aliphatic hydroxyl groups excluding tert-OH is 1. The van der Waals surface area contributed by atoms with Crippen LogP contribution in [0.1, 0.15) is 31.4 Å². The minimum atomic E-state index is -0.709. The van der Waals surface area contributed by atoms with Gasteiger partial charge in [-0.1, -0.05) is 6.07 Å². The summed E-state index contributed by atoms with van der Waals surface area (Å²) < 4.78 is 14.0. The molecule has 18 heavy (non-hydrogen) atoms. The summed E-state index contributed by atoms with van der Waals surface area (Å²) in [6.07, 6.45) is 0.775. The molecule has 0 saturated carbocycles. The molecule has 2 unspecified atom stereocenters. The fourth-order valence-electron chi connectivity index (χ4n) is 2.37. The first kappa shape index (κ1) is 12.8. The van der Waals surface area contributed by atoms with Crippen LogP contribution in [0.2, 0.25) is 0 Å². The number of amides is 1. The van der Waals surface area contributed by atoms with Crippen molar-refractivity contribution in [2.75, 3.05) is 11.4 Å². The number of nitrogens with zero attached hydrogens (tertiary/aromatic N) is 1. The topological polar surface area (TPSA) is 66.6 Å². The van der Waals surface area contributed by atoms with Gasteiger partial charge in [0.05, 0.1) is 11.8 Å². The summed E-state index contributed by atoms with van der Waals surface area (Å²) in [4.78, 5) is 13.0. The Kier molecular flexibility index (Phi) is 3.52. The number of rotatable bonds is 3. The number of primary amides is 1. The summed E-state index contributed by atoms with van der Waals surface area (Å²) in [7, 11) is 0. The molecule has 1 aliphatic heterocycles. The standard InChI is InChI=1S/C13H17FN2O2/c1-8(17)9-4-5-11(10(14)7-9)16-6-2-3-12(16)13(15)18/h4-5,7-8,12,17H,2-3,6H2,1H3,(H2,15,18). The summed E-state index contributed by atoms with van der Waals surface area (Å²) in [5, 5.41) is 9.39. The van der Waals surface area contributed by atoms with Crippen molar-refractivity contribution < 1.29 is 14.3 Å². The number of anilines is 1. The van der Waals surface area contributed by atoms with Gasteiger partial charge in [0.15, 0.2) is 0 Å². The van der Waals surface area contributed by atoms with Crippen LogP contribution < -0.4 is 10.6 Å². The predicted molar refractivity (Wildman–Crippen MR) is 66.6 cm³/mol. The maximum absolute atomic E-state index is 14.0. The number of carbonyl (C=O) groups excluding carboxylic acids is 1. The van der Waals surface area contributed by atoms with E-state index in [1.807, 2.05) is 0 Å². The molecule has 5 heteroatoms. The van der Waals surface area contributed by atoms with E-state index in [1.165, 1.54) is 6.07 Å². The molecule has 1 saturated heterocycles. The van der Waals surface area contributed by atoms with E-state index in [1.54, 1.807) is 24.0 Å². The summed E-state index contributed by atoms with van der Waals surface area (Å²) in [6, 6.07) is 4.13. The molecule has 1 aliphatic rings. The number of carbonyl (C=O) groups is 1. The smallest absolute Gasteiger partial charge is 0.240 e. The summed E-state index contributed by atoms with van der Waals surface area (Å²) in [5.41, 5.74) is 6.21. The quantitative estimate of drug-likeness (QED) is 0.853. The van der Waals surface area contributed by atoms with Crippen LogP contribution in [0.4, 0.5) is 10.1 Å². The third kappa shape index (κ3) is 2.31. The Bertz CT molecular complexity index is 462. The highest BCUT2D eigenvalue weighted by molar-refractivity contribution is 5.84. The van der Waals surface area contributed by atoms with Gasteiger partial charge in [-0.2, -0.15) is 0 Å². The van der Waals surface area contributed by atoms with Crippen LogP contribution in [0.5, 0.6) is 0 Å². The van der Waals surface area contributed by atoms with Gasteiger partial charge in [-0.25, -0.2) is 4.39 Å². The summed E-state index contributed by atoms with van der Waals surface area (Å²) >= 11 is 0. The van der Waals surface area contributed by atoms with Crippen molar-refractivity contribution in [2.45, 2.75) is 31.9 Å². The molecular formula is C13H17FN2O2. The maximum atomic E-state index is 14.0. The minimum absolute atomic E-state index is 0.376. The van der Waals surface area contributed by atoms with Gasteiger partial charge in [0, 0.05) is 6.54 Å². The van der Waals surface area contributed by atoms with Gasteiger partial charge in [-0.3, -0.25) is 4.79 Å². The Morgan fingerprint density at radius 2 is 2.33 bits per heavy atom. The minimum Gasteiger partial charge on any atom is -0.389 e. The molecule has 1 aromatic rings. The van der Waals surface area contributed by atoms with Crippen LogP contribution in [0.3, 0.4) is 0 Å². The lowest BCUT2D eigenvalue weighted by Gasteiger charge is -2.25. The highest BCUT2D eigenvalue weighted by Gasteiger charge is 2.30. The predicted octanol–water partition coefficient (Wildman–Crippen LogP) is 1.33. The van der Waals surface area contributed by atoms with Crippen molar-refractivity contribution >= 4 is 11.6 Å². The van der Waals surface area contributed by atoms with E-state index in [9.17, 15) is 14.3 Å². The molecule has 1 amide bonds. The van der Waals surface area contributed by atoms with E-state index >= 15 is 0 Å². The molecule has 98 valence electrons. The highest BCUT2D eigenvalue weighted by atomic mass is 19.1. The first-order valence-corrected chi connectivity index (χ1v) is 6.04. The van der Waals surface area contributed by atoms with Crippen molar-refractivity contribution in [1.82, 2.24) is 0 Å². The molecular weight excluding hydrogens is 235 g/mol. The normalized spacial score (nSPS) is 21.1. The molecule has 0 aliphatic carbocycles. The van der Waals surface area contributed by atoms with Crippen LogP contribution in [0, 0.1) is 5.82 Å². The van der Waals surface area contributed by atoms with E-state index in [2.05, 4.69) is 0 Å². The van der Waals surface area contributed by atoms with Crippen molar-refractivity contribution in [1.29, 1.82) is 0 Å². The number of benzene rings is 1. The Labute approximate surface area is 105 Å². The van der Waals surface area contributed by atoms with Crippen LogP contribution in [-0.4, -0.2) is 23.6 Å². The average Bonchev–Trinajstić information content (AvgIpc) is 2.77. The molecule has 2 rings (SSSR count). The van der Waals surface area contributed by atoms with Crippen LogP contribution >= 0.6 is 0 Å². The molecule has 1 fully saturated rings. The first-order chi connectivity index (χ1) is 8.50. The van der Waals surface area contributed by atoms with Crippen molar-refractivity contribution in [3.8, 4) is 0 Å².